The Kier molecular flexibility index (Phi) is 5.86. The SMILES string of the molecule is CC(=O)N(CCC(=O)NCc1ccccc1F)c1ccccc1. The Hall–Kier alpha value is -2.69. The molecule has 2 aromatic rings. The van der Waals surface area contributed by atoms with Gasteiger partial charge in [0, 0.05) is 37.7 Å². The normalized spacial score (nSPS) is 10.2. The van der Waals surface area contributed by atoms with Gasteiger partial charge >= 0.3 is 0 Å². The van der Waals surface area contributed by atoms with Crippen molar-refractivity contribution < 1.29 is 14.0 Å². The molecule has 2 rings (SSSR count). The molecule has 0 heterocycles. The van der Waals surface area contributed by atoms with Gasteiger partial charge in [-0.25, -0.2) is 4.39 Å². The molecule has 0 aliphatic carbocycles. The van der Waals surface area contributed by atoms with E-state index in [1.165, 1.54) is 13.0 Å². The number of hydrogen-bond donors (Lipinski definition) is 1. The number of halogens is 1. The van der Waals surface area contributed by atoms with Crippen LogP contribution < -0.4 is 10.2 Å². The molecule has 0 spiro atoms. The minimum atomic E-state index is -0.345. The number of para-hydroxylation sites is 1. The van der Waals surface area contributed by atoms with E-state index in [4.69, 9.17) is 0 Å². The van der Waals surface area contributed by atoms with E-state index < -0.39 is 0 Å². The summed E-state index contributed by atoms with van der Waals surface area (Å²) >= 11 is 0. The Morgan fingerprint density at radius 2 is 1.70 bits per heavy atom. The largest absolute Gasteiger partial charge is 0.352 e. The Bertz CT molecular complexity index is 674. The van der Waals surface area contributed by atoms with Gasteiger partial charge in [-0.1, -0.05) is 36.4 Å². The number of amides is 2. The minimum absolute atomic E-state index is 0.127. The van der Waals surface area contributed by atoms with Crippen molar-refractivity contribution in [3.05, 3.63) is 66.0 Å². The van der Waals surface area contributed by atoms with Crippen molar-refractivity contribution in [2.75, 3.05) is 11.4 Å². The van der Waals surface area contributed by atoms with Crippen molar-refractivity contribution in [2.45, 2.75) is 19.9 Å². The average Bonchev–Trinajstić information content (AvgIpc) is 2.55. The molecule has 0 unspecified atom stereocenters. The number of anilines is 1. The van der Waals surface area contributed by atoms with E-state index in [0.717, 1.165) is 5.69 Å². The van der Waals surface area contributed by atoms with Gasteiger partial charge in [-0.2, -0.15) is 0 Å². The van der Waals surface area contributed by atoms with Gasteiger partial charge in [0.15, 0.2) is 0 Å². The number of benzene rings is 2. The zero-order valence-corrected chi connectivity index (χ0v) is 13.0. The van der Waals surface area contributed by atoms with Crippen molar-refractivity contribution in [2.24, 2.45) is 0 Å². The lowest BCUT2D eigenvalue weighted by atomic mass is 10.2. The molecule has 0 radical (unpaired) electrons. The quantitative estimate of drug-likeness (QED) is 0.891. The average molecular weight is 314 g/mol. The Balaban J connectivity index is 1.87. The van der Waals surface area contributed by atoms with E-state index in [9.17, 15) is 14.0 Å². The molecule has 0 saturated heterocycles. The summed E-state index contributed by atoms with van der Waals surface area (Å²) in [5.41, 5.74) is 1.19. The fraction of sp³-hybridized carbons (Fsp3) is 0.222. The molecule has 0 fully saturated rings. The van der Waals surface area contributed by atoms with Gasteiger partial charge in [0.1, 0.15) is 5.82 Å². The first-order valence-electron chi connectivity index (χ1n) is 7.41. The summed E-state index contributed by atoms with van der Waals surface area (Å²) < 4.78 is 13.5. The van der Waals surface area contributed by atoms with E-state index in [2.05, 4.69) is 5.32 Å². The van der Waals surface area contributed by atoms with Crippen LogP contribution >= 0.6 is 0 Å². The van der Waals surface area contributed by atoms with Crippen LogP contribution in [-0.4, -0.2) is 18.4 Å². The topological polar surface area (TPSA) is 49.4 Å². The second-order valence-electron chi connectivity index (χ2n) is 5.12. The van der Waals surface area contributed by atoms with Crippen LogP contribution in [0.15, 0.2) is 54.6 Å². The number of rotatable bonds is 6. The lowest BCUT2D eigenvalue weighted by Crippen LogP contribution is -2.33. The fourth-order valence-corrected chi connectivity index (χ4v) is 2.21. The van der Waals surface area contributed by atoms with Crippen LogP contribution in [0.5, 0.6) is 0 Å². The van der Waals surface area contributed by atoms with E-state index in [1.54, 1.807) is 23.1 Å². The molecule has 2 aromatic carbocycles. The molecule has 120 valence electrons. The standard InChI is InChI=1S/C18H19FN2O2/c1-14(22)21(16-8-3-2-4-9-16)12-11-18(23)20-13-15-7-5-6-10-17(15)19/h2-10H,11-13H2,1H3,(H,20,23). The van der Waals surface area contributed by atoms with Crippen LogP contribution in [0.4, 0.5) is 10.1 Å². The van der Waals surface area contributed by atoms with Crippen LogP contribution in [0.2, 0.25) is 0 Å². The molecule has 0 aromatic heterocycles. The molecular weight excluding hydrogens is 295 g/mol. The minimum Gasteiger partial charge on any atom is -0.352 e. The highest BCUT2D eigenvalue weighted by Crippen LogP contribution is 2.13. The van der Waals surface area contributed by atoms with Crippen LogP contribution in [0.3, 0.4) is 0 Å². The summed E-state index contributed by atoms with van der Waals surface area (Å²) in [5, 5.41) is 2.67. The third-order valence-corrected chi connectivity index (χ3v) is 3.44. The number of nitrogens with one attached hydrogen (secondary N) is 1. The molecule has 4 nitrogen and oxygen atoms in total. The third kappa shape index (κ3) is 4.92. The number of carbonyl (C=O) groups is 2. The van der Waals surface area contributed by atoms with Crippen molar-refractivity contribution in [3.8, 4) is 0 Å². The number of nitrogens with zero attached hydrogens (tertiary/aromatic N) is 1. The zero-order chi connectivity index (χ0) is 16.7. The van der Waals surface area contributed by atoms with Crippen LogP contribution in [0, 0.1) is 5.82 Å². The van der Waals surface area contributed by atoms with E-state index in [0.29, 0.717) is 5.56 Å². The van der Waals surface area contributed by atoms with E-state index >= 15 is 0 Å². The maximum atomic E-state index is 13.5. The van der Waals surface area contributed by atoms with Crippen LogP contribution in [-0.2, 0) is 16.1 Å². The summed E-state index contributed by atoms with van der Waals surface area (Å²) in [6.07, 6.45) is 0.156. The Morgan fingerprint density at radius 1 is 1.04 bits per heavy atom. The van der Waals surface area contributed by atoms with Gasteiger partial charge in [0.2, 0.25) is 11.8 Å². The van der Waals surface area contributed by atoms with Gasteiger partial charge < -0.3 is 10.2 Å². The van der Waals surface area contributed by atoms with Crippen LogP contribution in [0.25, 0.3) is 0 Å². The van der Waals surface area contributed by atoms with Crippen molar-refractivity contribution in [1.29, 1.82) is 0 Å². The van der Waals surface area contributed by atoms with Gasteiger partial charge in [0.25, 0.3) is 0 Å². The first-order valence-corrected chi connectivity index (χ1v) is 7.41. The molecule has 0 saturated carbocycles. The highest BCUT2D eigenvalue weighted by molar-refractivity contribution is 5.92. The third-order valence-electron chi connectivity index (χ3n) is 3.44. The molecule has 5 heteroatoms. The molecule has 23 heavy (non-hydrogen) atoms. The fourth-order valence-electron chi connectivity index (χ4n) is 2.21. The summed E-state index contributed by atoms with van der Waals surface area (Å²) in [5.74, 6) is -0.698. The van der Waals surface area contributed by atoms with Gasteiger partial charge in [-0.15, -0.1) is 0 Å². The molecule has 0 aliphatic heterocycles. The van der Waals surface area contributed by atoms with Crippen LogP contribution in [0.1, 0.15) is 18.9 Å². The maximum absolute atomic E-state index is 13.5. The molecular formula is C18H19FN2O2. The summed E-state index contributed by atoms with van der Waals surface area (Å²) in [6.45, 7) is 1.88. The number of hydrogen-bond acceptors (Lipinski definition) is 2. The van der Waals surface area contributed by atoms with Crippen molar-refractivity contribution >= 4 is 17.5 Å². The van der Waals surface area contributed by atoms with Gasteiger partial charge in [-0.05, 0) is 18.2 Å². The van der Waals surface area contributed by atoms with E-state index in [1.807, 2.05) is 30.3 Å². The van der Waals surface area contributed by atoms with E-state index in [-0.39, 0.29) is 37.1 Å². The molecule has 0 aliphatic rings. The molecule has 2 amide bonds. The first kappa shape index (κ1) is 16.7. The van der Waals surface area contributed by atoms with Gasteiger partial charge in [0.05, 0.1) is 0 Å². The summed E-state index contributed by atoms with van der Waals surface area (Å²) in [6, 6.07) is 15.5. The highest BCUT2D eigenvalue weighted by atomic mass is 19.1. The second kappa shape index (κ2) is 8.08. The summed E-state index contributed by atoms with van der Waals surface area (Å²) in [7, 11) is 0. The molecule has 0 bridgehead atoms. The lowest BCUT2D eigenvalue weighted by Gasteiger charge is -2.20. The predicted octanol–water partition coefficient (Wildman–Crippen LogP) is 2.89. The first-order chi connectivity index (χ1) is 11.1. The Morgan fingerprint density at radius 3 is 2.35 bits per heavy atom. The maximum Gasteiger partial charge on any atom is 0.223 e. The number of carbonyl (C=O) groups excluding carboxylic acids is 2. The van der Waals surface area contributed by atoms with Crippen molar-refractivity contribution in [1.82, 2.24) is 5.32 Å². The smallest absolute Gasteiger partial charge is 0.223 e. The van der Waals surface area contributed by atoms with Crippen molar-refractivity contribution in [3.63, 3.8) is 0 Å². The summed E-state index contributed by atoms with van der Waals surface area (Å²) in [4.78, 5) is 25.2. The molecule has 1 N–H and O–H groups in total. The zero-order valence-electron chi connectivity index (χ0n) is 13.0. The van der Waals surface area contributed by atoms with Gasteiger partial charge in [-0.3, -0.25) is 9.59 Å². The second-order valence-corrected chi connectivity index (χ2v) is 5.12. The predicted molar refractivity (Wildman–Crippen MR) is 87.3 cm³/mol. The molecule has 0 atom stereocenters. The highest BCUT2D eigenvalue weighted by Gasteiger charge is 2.13. The Labute approximate surface area is 134 Å². The monoisotopic (exact) mass is 314 g/mol. The lowest BCUT2D eigenvalue weighted by molar-refractivity contribution is -0.121.